The van der Waals surface area contributed by atoms with Crippen LogP contribution >= 0.6 is 0 Å². The molecule has 0 aliphatic rings. The monoisotopic (exact) mass is 264 g/mol. The largest absolute Gasteiger partial charge is 0.497 e. The molecule has 1 aromatic rings. The summed E-state index contributed by atoms with van der Waals surface area (Å²) in [5.74, 6) is 0.875. The molecule has 0 bridgehead atoms. The molecule has 1 rings (SSSR count). The minimum Gasteiger partial charge on any atom is -0.497 e. The van der Waals surface area contributed by atoms with Crippen molar-refractivity contribution >= 4 is 17.6 Å². The van der Waals surface area contributed by atoms with E-state index in [9.17, 15) is 4.79 Å². The van der Waals surface area contributed by atoms with Crippen molar-refractivity contribution in [2.45, 2.75) is 19.3 Å². The van der Waals surface area contributed by atoms with Gasteiger partial charge in [-0.2, -0.15) is 0 Å². The quantitative estimate of drug-likeness (QED) is 0.344. The van der Waals surface area contributed by atoms with Gasteiger partial charge in [0, 0.05) is 24.7 Å². The minimum absolute atomic E-state index is 0.181. The fourth-order valence-electron chi connectivity index (χ4n) is 1.52. The zero-order chi connectivity index (χ0) is 14.1. The first-order chi connectivity index (χ1) is 9.11. The minimum atomic E-state index is -0.254. The van der Waals surface area contributed by atoms with Gasteiger partial charge in [0.1, 0.15) is 5.75 Å². The van der Waals surface area contributed by atoms with Crippen molar-refractivity contribution in [3.05, 3.63) is 24.3 Å². The number of rotatable bonds is 7. The van der Waals surface area contributed by atoms with Crippen LogP contribution in [0.15, 0.2) is 24.3 Å². The molecule has 0 heterocycles. The molecular weight excluding hydrogens is 244 g/mol. The summed E-state index contributed by atoms with van der Waals surface area (Å²) in [6.45, 7) is 0.559. The number of nitrogens with one attached hydrogen (secondary N) is 3. The van der Waals surface area contributed by atoms with E-state index in [1.165, 1.54) is 0 Å². The molecular formula is C13H20N4O2. The lowest BCUT2D eigenvalue weighted by Crippen LogP contribution is -2.29. The molecule has 2 amide bonds. The van der Waals surface area contributed by atoms with Crippen LogP contribution in [0.1, 0.15) is 19.3 Å². The van der Waals surface area contributed by atoms with Gasteiger partial charge in [-0.25, -0.2) is 4.79 Å². The zero-order valence-electron chi connectivity index (χ0n) is 11.0. The fraction of sp³-hybridized carbons (Fsp3) is 0.385. The number of amidine groups is 1. The Hall–Kier alpha value is -2.24. The second-order valence-corrected chi connectivity index (χ2v) is 4.10. The third-order valence-corrected chi connectivity index (χ3v) is 2.49. The molecule has 5 N–H and O–H groups in total. The standard InChI is InChI=1S/C13H20N4O2/c1-19-11-6-4-5-10(9-11)17-13(18)16-8-3-2-7-12(14)15/h4-6,9H,2-3,7-8H2,1H3,(H3,14,15)(H2,16,17,18). The molecule has 0 saturated heterocycles. The second-order valence-electron chi connectivity index (χ2n) is 4.10. The Morgan fingerprint density at radius 2 is 2.21 bits per heavy atom. The maximum Gasteiger partial charge on any atom is 0.319 e. The van der Waals surface area contributed by atoms with Crippen molar-refractivity contribution < 1.29 is 9.53 Å². The average molecular weight is 264 g/mol. The molecule has 0 atom stereocenters. The van der Waals surface area contributed by atoms with Gasteiger partial charge in [-0.15, -0.1) is 0 Å². The van der Waals surface area contributed by atoms with Crippen LogP contribution in [0.4, 0.5) is 10.5 Å². The fourth-order valence-corrected chi connectivity index (χ4v) is 1.52. The number of ether oxygens (including phenoxy) is 1. The highest BCUT2D eigenvalue weighted by Gasteiger charge is 2.01. The van der Waals surface area contributed by atoms with E-state index in [4.69, 9.17) is 15.9 Å². The number of carbonyl (C=O) groups is 1. The van der Waals surface area contributed by atoms with Crippen molar-refractivity contribution in [2.24, 2.45) is 5.73 Å². The Balaban J connectivity index is 2.25. The van der Waals surface area contributed by atoms with Crippen LogP contribution in [0.2, 0.25) is 0 Å². The molecule has 6 heteroatoms. The third-order valence-electron chi connectivity index (χ3n) is 2.49. The number of hydrogen-bond acceptors (Lipinski definition) is 3. The summed E-state index contributed by atoms with van der Waals surface area (Å²) in [6.07, 6.45) is 2.17. The first-order valence-corrected chi connectivity index (χ1v) is 6.13. The van der Waals surface area contributed by atoms with E-state index in [1.807, 2.05) is 6.07 Å². The Morgan fingerprint density at radius 1 is 1.42 bits per heavy atom. The highest BCUT2D eigenvalue weighted by molar-refractivity contribution is 5.89. The molecule has 104 valence electrons. The maximum atomic E-state index is 11.6. The molecule has 0 fully saturated rings. The highest BCUT2D eigenvalue weighted by atomic mass is 16.5. The Morgan fingerprint density at radius 3 is 2.89 bits per heavy atom. The van der Waals surface area contributed by atoms with Gasteiger partial charge in [-0.05, 0) is 25.0 Å². The molecule has 1 aromatic carbocycles. The molecule has 0 aromatic heterocycles. The van der Waals surface area contributed by atoms with Gasteiger partial charge in [-0.3, -0.25) is 5.41 Å². The SMILES string of the molecule is COc1cccc(NC(=O)NCCCCC(=N)N)c1. The van der Waals surface area contributed by atoms with E-state index in [0.29, 0.717) is 24.4 Å². The van der Waals surface area contributed by atoms with Gasteiger partial charge in [-0.1, -0.05) is 6.07 Å². The van der Waals surface area contributed by atoms with Crippen LogP contribution in [0.5, 0.6) is 5.75 Å². The number of carbonyl (C=O) groups excluding carboxylic acids is 1. The first kappa shape index (κ1) is 14.8. The lowest BCUT2D eigenvalue weighted by Gasteiger charge is -2.08. The van der Waals surface area contributed by atoms with Crippen LogP contribution in [-0.2, 0) is 0 Å². The lowest BCUT2D eigenvalue weighted by atomic mass is 10.2. The van der Waals surface area contributed by atoms with Crippen LogP contribution < -0.4 is 21.1 Å². The van der Waals surface area contributed by atoms with Crippen LogP contribution in [-0.4, -0.2) is 25.5 Å². The molecule has 19 heavy (non-hydrogen) atoms. The Bertz CT molecular complexity index is 434. The second kappa shape index (κ2) is 7.97. The van der Waals surface area contributed by atoms with E-state index in [0.717, 1.165) is 12.8 Å². The first-order valence-electron chi connectivity index (χ1n) is 6.13. The summed E-state index contributed by atoms with van der Waals surface area (Å²) in [6, 6.07) is 6.90. The third kappa shape index (κ3) is 6.30. The molecule has 0 aliphatic carbocycles. The number of methoxy groups -OCH3 is 1. The summed E-state index contributed by atoms with van der Waals surface area (Å²) in [5.41, 5.74) is 5.92. The molecule has 6 nitrogen and oxygen atoms in total. The number of urea groups is 1. The van der Waals surface area contributed by atoms with Crippen molar-refractivity contribution in [3.63, 3.8) is 0 Å². The molecule has 0 aliphatic heterocycles. The molecule has 0 unspecified atom stereocenters. The van der Waals surface area contributed by atoms with Gasteiger partial charge >= 0.3 is 6.03 Å². The number of anilines is 1. The molecule has 0 saturated carbocycles. The zero-order valence-corrected chi connectivity index (χ0v) is 11.0. The van der Waals surface area contributed by atoms with E-state index < -0.39 is 0 Å². The lowest BCUT2D eigenvalue weighted by molar-refractivity contribution is 0.252. The van der Waals surface area contributed by atoms with Gasteiger partial charge < -0.3 is 21.1 Å². The van der Waals surface area contributed by atoms with Crippen LogP contribution in [0.3, 0.4) is 0 Å². The summed E-state index contributed by atoms with van der Waals surface area (Å²) in [5, 5.41) is 12.5. The average Bonchev–Trinajstić information content (AvgIpc) is 2.38. The summed E-state index contributed by atoms with van der Waals surface area (Å²) in [4.78, 5) is 11.6. The van der Waals surface area contributed by atoms with E-state index in [1.54, 1.807) is 25.3 Å². The number of hydrogen-bond donors (Lipinski definition) is 4. The van der Waals surface area contributed by atoms with Crippen LogP contribution in [0, 0.1) is 5.41 Å². The van der Waals surface area contributed by atoms with E-state index in [-0.39, 0.29) is 11.9 Å². The van der Waals surface area contributed by atoms with Gasteiger partial charge in [0.15, 0.2) is 0 Å². The van der Waals surface area contributed by atoms with Crippen molar-refractivity contribution in [1.82, 2.24) is 5.32 Å². The van der Waals surface area contributed by atoms with Crippen molar-refractivity contribution in [1.29, 1.82) is 5.41 Å². The van der Waals surface area contributed by atoms with E-state index >= 15 is 0 Å². The number of benzene rings is 1. The highest BCUT2D eigenvalue weighted by Crippen LogP contribution is 2.16. The van der Waals surface area contributed by atoms with E-state index in [2.05, 4.69) is 10.6 Å². The number of amides is 2. The summed E-state index contributed by atoms with van der Waals surface area (Å²) < 4.78 is 5.07. The normalized spacial score (nSPS) is 9.74. The van der Waals surface area contributed by atoms with Gasteiger partial charge in [0.2, 0.25) is 0 Å². The Kier molecular flexibility index (Phi) is 6.21. The predicted octanol–water partition coefficient (Wildman–Crippen LogP) is 1.92. The number of nitrogens with two attached hydrogens (primary N) is 1. The van der Waals surface area contributed by atoms with Crippen molar-refractivity contribution in [2.75, 3.05) is 19.0 Å². The number of unbranched alkanes of at least 4 members (excludes halogenated alkanes) is 1. The van der Waals surface area contributed by atoms with Gasteiger partial charge in [0.05, 0.1) is 12.9 Å². The predicted molar refractivity (Wildman–Crippen MR) is 75.8 cm³/mol. The smallest absolute Gasteiger partial charge is 0.319 e. The van der Waals surface area contributed by atoms with Crippen molar-refractivity contribution in [3.8, 4) is 5.75 Å². The summed E-state index contributed by atoms with van der Waals surface area (Å²) in [7, 11) is 1.58. The Labute approximate surface area is 112 Å². The van der Waals surface area contributed by atoms with Crippen LogP contribution in [0.25, 0.3) is 0 Å². The van der Waals surface area contributed by atoms with Gasteiger partial charge in [0.25, 0.3) is 0 Å². The maximum absolute atomic E-state index is 11.6. The molecule has 0 radical (unpaired) electrons. The molecule has 0 spiro atoms. The summed E-state index contributed by atoms with van der Waals surface area (Å²) >= 11 is 0. The topological polar surface area (TPSA) is 100 Å².